The van der Waals surface area contributed by atoms with Crippen molar-refractivity contribution in [3.8, 4) is 0 Å². The summed E-state index contributed by atoms with van der Waals surface area (Å²) in [5, 5.41) is 7.28. The number of hydrogen-bond acceptors (Lipinski definition) is 5. The van der Waals surface area contributed by atoms with Gasteiger partial charge in [0.05, 0.1) is 6.54 Å². The molecule has 2 aliphatic rings. The average Bonchev–Trinajstić information content (AvgIpc) is 2.98. The molecule has 2 fully saturated rings. The van der Waals surface area contributed by atoms with E-state index in [0.29, 0.717) is 31.8 Å². The van der Waals surface area contributed by atoms with E-state index >= 15 is 0 Å². The fourth-order valence-electron chi connectivity index (χ4n) is 3.74. The number of halogens is 1. The van der Waals surface area contributed by atoms with Gasteiger partial charge in [0.25, 0.3) is 0 Å². The van der Waals surface area contributed by atoms with Crippen LogP contribution in [0.4, 0.5) is 0 Å². The van der Waals surface area contributed by atoms with Crippen molar-refractivity contribution < 1.29 is 9.59 Å². The Bertz CT molecular complexity index is 894. The van der Waals surface area contributed by atoms with E-state index in [-0.39, 0.29) is 42.5 Å². The van der Waals surface area contributed by atoms with Crippen LogP contribution in [-0.2, 0) is 16.1 Å². The van der Waals surface area contributed by atoms with Gasteiger partial charge in [0.2, 0.25) is 11.8 Å². The first kappa shape index (κ1) is 19.4. The first-order valence-corrected chi connectivity index (χ1v) is 8.95. The van der Waals surface area contributed by atoms with Gasteiger partial charge in [-0.15, -0.1) is 17.5 Å². The van der Waals surface area contributed by atoms with Crippen LogP contribution in [0.5, 0.6) is 0 Å². The fraction of sp³-hybridized carbons (Fsp3) is 0.529. The summed E-state index contributed by atoms with van der Waals surface area (Å²) in [5.41, 5.74) is 0.202. The molecule has 4 rings (SSSR count). The van der Waals surface area contributed by atoms with E-state index in [9.17, 15) is 14.4 Å². The zero-order valence-electron chi connectivity index (χ0n) is 14.9. The highest BCUT2D eigenvalue weighted by atomic mass is 35.5. The Hall–Kier alpha value is -2.39. The molecule has 10 heteroatoms. The summed E-state index contributed by atoms with van der Waals surface area (Å²) in [4.78, 5) is 40.8. The van der Waals surface area contributed by atoms with Gasteiger partial charge in [0.1, 0.15) is 6.54 Å². The molecule has 0 aliphatic carbocycles. The highest BCUT2D eigenvalue weighted by Crippen LogP contribution is 2.17. The van der Waals surface area contributed by atoms with Crippen molar-refractivity contribution in [3.63, 3.8) is 0 Å². The van der Waals surface area contributed by atoms with Crippen LogP contribution >= 0.6 is 12.4 Å². The third-order valence-electron chi connectivity index (χ3n) is 5.09. The first-order chi connectivity index (χ1) is 12.6. The molecule has 2 aliphatic heterocycles. The van der Waals surface area contributed by atoms with Crippen LogP contribution in [0, 0.1) is 0 Å². The molecule has 2 amide bonds. The zero-order chi connectivity index (χ0) is 18.1. The maximum atomic E-state index is 12.7. The Morgan fingerprint density at radius 2 is 2.11 bits per heavy atom. The molecule has 2 aromatic rings. The topological polar surface area (TPSA) is 91.9 Å². The minimum Gasteiger partial charge on any atom is -0.339 e. The average molecular weight is 395 g/mol. The zero-order valence-corrected chi connectivity index (χ0v) is 15.7. The van der Waals surface area contributed by atoms with E-state index in [4.69, 9.17) is 0 Å². The monoisotopic (exact) mass is 394 g/mol. The summed E-state index contributed by atoms with van der Waals surface area (Å²) in [6, 6.07) is 5.34. The molecule has 0 aromatic carbocycles. The molecular formula is C17H23ClN6O3. The standard InChI is InChI=1S/C17H22N6O3.ClH/c24-15-10-18-6-9-21(15)13-4-3-7-20(11-13)16(25)12-23-17(26)22-8-2-1-5-14(22)19-23;/h1-2,5,8,13,18H,3-4,6-7,9-12H2;1H. The summed E-state index contributed by atoms with van der Waals surface area (Å²) in [5.74, 6) is -0.0464. The van der Waals surface area contributed by atoms with E-state index in [0.717, 1.165) is 19.4 Å². The number of piperidine rings is 1. The lowest BCUT2D eigenvalue weighted by atomic mass is 10.0. The molecule has 9 nitrogen and oxygen atoms in total. The van der Waals surface area contributed by atoms with Crippen molar-refractivity contribution in [3.05, 3.63) is 34.9 Å². The molecule has 1 N–H and O–H groups in total. The number of amides is 2. The fourth-order valence-corrected chi connectivity index (χ4v) is 3.74. The van der Waals surface area contributed by atoms with Gasteiger partial charge in [-0.3, -0.25) is 14.0 Å². The van der Waals surface area contributed by atoms with Gasteiger partial charge in [0, 0.05) is 38.4 Å². The van der Waals surface area contributed by atoms with Crippen molar-refractivity contribution in [2.24, 2.45) is 0 Å². The second kappa shape index (κ2) is 8.10. The highest BCUT2D eigenvalue weighted by Gasteiger charge is 2.31. The third kappa shape index (κ3) is 3.84. The second-order valence-corrected chi connectivity index (χ2v) is 6.77. The lowest BCUT2D eigenvalue weighted by Gasteiger charge is -2.41. The molecule has 27 heavy (non-hydrogen) atoms. The number of aromatic nitrogens is 3. The van der Waals surface area contributed by atoms with Gasteiger partial charge in [-0.1, -0.05) is 6.07 Å². The predicted octanol–water partition coefficient (Wildman–Crippen LogP) is -0.659. The van der Waals surface area contributed by atoms with Crippen LogP contribution in [0.25, 0.3) is 5.65 Å². The molecule has 146 valence electrons. The Morgan fingerprint density at radius 3 is 2.89 bits per heavy atom. The summed E-state index contributed by atoms with van der Waals surface area (Å²) >= 11 is 0. The number of piperazine rings is 1. The van der Waals surface area contributed by atoms with Crippen molar-refractivity contribution in [1.82, 2.24) is 29.3 Å². The van der Waals surface area contributed by atoms with Crippen LogP contribution in [-0.4, -0.2) is 74.6 Å². The molecule has 1 unspecified atom stereocenters. The van der Waals surface area contributed by atoms with Crippen LogP contribution in [0.2, 0.25) is 0 Å². The number of carbonyl (C=O) groups is 2. The summed E-state index contributed by atoms with van der Waals surface area (Å²) in [6.45, 7) is 2.92. The smallest absolute Gasteiger partial charge is 0.339 e. The lowest BCUT2D eigenvalue weighted by Crippen LogP contribution is -2.57. The van der Waals surface area contributed by atoms with Gasteiger partial charge in [-0.2, -0.15) is 0 Å². The van der Waals surface area contributed by atoms with E-state index in [1.165, 1.54) is 9.08 Å². The molecule has 2 saturated heterocycles. The van der Waals surface area contributed by atoms with Gasteiger partial charge in [-0.05, 0) is 25.0 Å². The SMILES string of the molecule is Cl.O=C(Cn1nc2ccccn2c1=O)N1CCCC(N2CCNCC2=O)C1. The molecular weight excluding hydrogens is 372 g/mol. The third-order valence-corrected chi connectivity index (χ3v) is 5.09. The number of rotatable bonds is 3. The van der Waals surface area contributed by atoms with Crippen LogP contribution in [0.1, 0.15) is 12.8 Å². The Morgan fingerprint density at radius 1 is 1.26 bits per heavy atom. The second-order valence-electron chi connectivity index (χ2n) is 6.77. The summed E-state index contributed by atoms with van der Waals surface area (Å²) < 4.78 is 2.63. The van der Waals surface area contributed by atoms with E-state index < -0.39 is 0 Å². The number of likely N-dealkylation sites (tertiary alicyclic amines) is 1. The molecule has 0 radical (unpaired) electrons. The number of fused-ring (bicyclic) bond motifs is 1. The number of nitrogens with zero attached hydrogens (tertiary/aromatic N) is 5. The quantitative estimate of drug-likeness (QED) is 0.746. The molecule has 2 aromatic heterocycles. The maximum Gasteiger partial charge on any atom is 0.350 e. The van der Waals surface area contributed by atoms with Crippen molar-refractivity contribution in [2.75, 3.05) is 32.7 Å². The van der Waals surface area contributed by atoms with Crippen LogP contribution in [0.3, 0.4) is 0 Å². The summed E-state index contributed by atoms with van der Waals surface area (Å²) in [6.07, 6.45) is 3.40. The predicted molar refractivity (Wildman–Crippen MR) is 101 cm³/mol. The Balaban J connectivity index is 0.00000210. The molecule has 4 heterocycles. The minimum atomic E-state index is -0.320. The van der Waals surface area contributed by atoms with Crippen LogP contribution in [0.15, 0.2) is 29.2 Å². The minimum absolute atomic E-state index is 0. The van der Waals surface area contributed by atoms with Gasteiger partial charge < -0.3 is 15.1 Å². The van der Waals surface area contributed by atoms with Crippen molar-refractivity contribution in [1.29, 1.82) is 0 Å². The normalized spacial score (nSPS) is 20.6. The molecule has 0 bridgehead atoms. The van der Waals surface area contributed by atoms with Crippen molar-refractivity contribution in [2.45, 2.75) is 25.4 Å². The summed E-state index contributed by atoms with van der Waals surface area (Å²) in [7, 11) is 0. The molecule has 1 atom stereocenters. The van der Waals surface area contributed by atoms with Gasteiger partial charge in [-0.25, -0.2) is 9.48 Å². The van der Waals surface area contributed by atoms with Gasteiger partial charge in [0.15, 0.2) is 5.65 Å². The van der Waals surface area contributed by atoms with Crippen molar-refractivity contribution >= 4 is 29.9 Å². The van der Waals surface area contributed by atoms with Crippen LogP contribution < -0.4 is 11.0 Å². The Labute approximate surface area is 162 Å². The van der Waals surface area contributed by atoms with E-state index in [2.05, 4.69) is 10.4 Å². The highest BCUT2D eigenvalue weighted by molar-refractivity contribution is 5.85. The van der Waals surface area contributed by atoms with Gasteiger partial charge >= 0.3 is 5.69 Å². The van der Waals surface area contributed by atoms with E-state index in [1.807, 2.05) is 4.90 Å². The number of carbonyl (C=O) groups excluding carboxylic acids is 2. The Kier molecular flexibility index (Phi) is 5.81. The number of pyridine rings is 1. The maximum absolute atomic E-state index is 12.7. The largest absolute Gasteiger partial charge is 0.350 e. The number of hydrogen-bond donors (Lipinski definition) is 1. The molecule has 0 saturated carbocycles. The number of nitrogens with one attached hydrogen (secondary N) is 1. The molecule has 0 spiro atoms. The lowest BCUT2D eigenvalue weighted by molar-refractivity contribution is -0.140. The first-order valence-electron chi connectivity index (χ1n) is 8.95. The van der Waals surface area contributed by atoms with E-state index in [1.54, 1.807) is 29.3 Å².